The smallest absolute Gasteiger partial charge is 0.227 e. The second kappa shape index (κ2) is 6.07. The Labute approximate surface area is 140 Å². The van der Waals surface area contributed by atoms with E-state index in [1.54, 1.807) is 30.0 Å². The molecule has 126 valence electrons. The maximum atomic E-state index is 12.2. The summed E-state index contributed by atoms with van der Waals surface area (Å²) in [6.07, 6.45) is 0.285. The van der Waals surface area contributed by atoms with Crippen LogP contribution in [0.15, 0.2) is 6.07 Å². The minimum atomic E-state index is -0.248. The molecule has 1 aromatic rings. The first-order chi connectivity index (χ1) is 11.4. The Morgan fingerprint density at radius 1 is 1.33 bits per heavy atom. The molecule has 1 aromatic heterocycles. The maximum Gasteiger partial charge on any atom is 0.227 e. The Hall–Kier alpha value is -2.69. The van der Waals surface area contributed by atoms with Gasteiger partial charge < -0.3 is 14.7 Å². The van der Waals surface area contributed by atoms with Crippen LogP contribution in [0.4, 0.5) is 5.95 Å². The van der Waals surface area contributed by atoms with Crippen molar-refractivity contribution >= 4 is 17.8 Å². The van der Waals surface area contributed by atoms with Crippen molar-refractivity contribution in [3.8, 4) is 6.07 Å². The Kier molecular flexibility index (Phi) is 4.09. The van der Waals surface area contributed by atoms with Gasteiger partial charge in [0, 0.05) is 45.8 Å². The number of hydrogen-bond acceptors (Lipinski definition) is 6. The highest BCUT2D eigenvalue weighted by Crippen LogP contribution is 2.27. The lowest BCUT2D eigenvalue weighted by atomic mass is 10.1. The zero-order valence-electron chi connectivity index (χ0n) is 14.1. The molecule has 2 amide bonds. The van der Waals surface area contributed by atoms with Gasteiger partial charge in [-0.2, -0.15) is 5.26 Å². The molecule has 1 atom stereocenters. The normalized spacial score (nSPS) is 20.8. The fraction of sp³-hybridized carbons (Fsp3) is 0.562. The molecular weight excluding hydrogens is 308 g/mol. The summed E-state index contributed by atoms with van der Waals surface area (Å²) < 4.78 is 0. The molecule has 0 spiro atoms. The summed E-state index contributed by atoms with van der Waals surface area (Å²) in [6, 6.07) is 3.75. The van der Waals surface area contributed by atoms with E-state index < -0.39 is 0 Å². The summed E-state index contributed by atoms with van der Waals surface area (Å²) in [5, 5.41) is 9.00. The minimum Gasteiger partial charge on any atom is -0.349 e. The SMILES string of the molecule is Cc1cc(C#N)nc(N2CC(N3CC(C(=O)N(C)C)CC3=O)C2)n1. The molecule has 2 fully saturated rings. The van der Waals surface area contributed by atoms with Gasteiger partial charge in [-0.05, 0) is 13.0 Å². The Morgan fingerprint density at radius 3 is 2.67 bits per heavy atom. The van der Waals surface area contributed by atoms with Crippen molar-refractivity contribution in [1.82, 2.24) is 19.8 Å². The molecule has 2 aliphatic rings. The number of aryl methyl sites for hydroxylation is 1. The number of hydrogen-bond donors (Lipinski definition) is 0. The second-order valence-corrected chi connectivity index (χ2v) is 6.54. The van der Waals surface area contributed by atoms with Gasteiger partial charge in [-0.15, -0.1) is 0 Å². The summed E-state index contributed by atoms with van der Waals surface area (Å²) in [7, 11) is 3.42. The van der Waals surface area contributed by atoms with E-state index in [-0.39, 0.29) is 30.2 Å². The van der Waals surface area contributed by atoms with Gasteiger partial charge in [0.2, 0.25) is 17.8 Å². The second-order valence-electron chi connectivity index (χ2n) is 6.54. The van der Waals surface area contributed by atoms with Crippen LogP contribution >= 0.6 is 0 Å². The van der Waals surface area contributed by atoms with Gasteiger partial charge in [-0.1, -0.05) is 0 Å². The van der Waals surface area contributed by atoms with Crippen molar-refractivity contribution in [3.05, 3.63) is 17.5 Å². The number of carbonyl (C=O) groups is 2. The van der Waals surface area contributed by atoms with Crippen LogP contribution in [0.5, 0.6) is 0 Å². The van der Waals surface area contributed by atoms with Gasteiger partial charge in [0.05, 0.1) is 12.0 Å². The van der Waals surface area contributed by atoms with E-state index >= 15 is 0 Å². The van der Waals surface area contributed by atoms with Crippen molar-refractivity contribution in [2.45, 2.75) is 19.4 Å². The van der Waals surface area contributed by atoms with Gasteiger partial charge in [0.25, 0.3) is 0 Å². The quantitative estimate of drug-likeness (QED) is 0.762. The third-order valence-electron chi connectivity index (χ3n) is 4.49. The summed E-state index contributed by atoms with van der Waals surface area (Å²) in [6.45, 7) is 3.56. The highest BCUT2D eigenvalue weighted by molar-refractivity contribution is 5.89. The molecule has 8 nitrogen and oxygen atoms in total. The Balaban J connectivity index is 1.63. The van der Waals surface area contributed by atoms with E-state index in [2.05, 4.69) is 9.97 Å². The molecule has 24 heavy (non-hydrogen) atoms. The molecule has 0 bridgehead atoms. The van der Waals surface area contributed by atoms with Crippen molar-refractivity contribution in [2.75, 3.05) is 38.6 Å². The number of likely N-dealkylation sites (tertiary alicyclic amines) is 1. The molecule has 0 saturated carbocycles. The van der Waals surface area contributed by atoms with Crippen LogP contribution in [0.1, 0.15) is 17.8 Å². The third-order valence-corrected chi connectivity index (χ3v) is 4.49. The van der Waals surface area contributed by atoms with Crippen molar-refractivity contribution < 1.29 is 9.59 Å². The van der Waals surface area contributed by atoms with Crippen LogP contribution in [-0.2, 0) is 9.59 Å². The Bertz CT molecular complexity index is 720. The molecule has 0 aliphatic carbocycles. The van der Waals surface area contributed by atoms with Gasteiger partial charge >= 0.3 is 0 Å². The lowest BCUT2D eigenvalue weighted by molar-refractivity contribution is -0.133. The summed E-state index contributed by atoms with van der Waals surface area (Å²) in [4.78, 5) is 38.1. The van der Waals surface area contributed by atoms with Crippen LogP contribution in [0.25, 0.3) is 0 Å². The number of nitriles is 1. The van der Waals surface area contributed by atoms with Crippen LogP contribution in [-0.4, -0.2) is 71.4 Å². The van der Waals surface area contributed by atoms with E-state index in [0.717, 1.165) is 5.69 Å². The van der Waals surface area contributed by atoms with Gasteiger partial charge in [0.15, 0.2) is 0 Å². The number of nitrogens with zero attached hydrogens (tertiary/aromatic N) is 6. The lowest BCUT2D eigenvalue weighted by Crippen LogP contribution is -2.60. The van der Waals surface area contributed by atoms with Gasteiger partial charge in [-0.25, -0.2) is 9.97 Å². The van der Waals surface area contributed by atoms with E-state index in [9.17, 15) is 9.59 Å². The standard InChI is InChI=1S/C16H20N6O2/c1-10-4-12(6-17)19-16(18-10)21-8-13(9-21)22-7-11(5-14(22)23)15(24)20(2)3/h4,11,13H,5,7-9H2,1-3H3. The fourth-order valence-electron chi connectivity index (χ4n) is 3.18. The first kappa shape index (κ1) is 16.2. The molecule has 3 heterocycles. The molecule has 2 aliphatic heterocycles. The summed E-state index contributed by atoms with van der Waals surface area (Å²) in [5.74, 6) is 0.308. The average Bonchev–Trinajstić information content (AvgIpc) is 2.86. The topological polar surface area (TPSA) is 93.4 Å². The van der Waals surface area contributed by atoms with Crippen LogP contribution < -0.4 is 4.90 Å². The zero-order valence-corrected chi connectivity index (χ0v) is 14.1. The first-order valence-electron chi connectivity index (χ1n) is 7.90. The maximum absolute atomic E-state index is 12.2. The Morgan fingerprint density at radius 2 is 2.04 bits per heavy atom. The largest absolute Gasteiger partial charge is 0.349 e. The van der Waals surface area contributed by atoms with Crippen LogP contribution in [0, 0.1) is 24.2 Å². The van der Waals surface area contributed by atoms with Crippen molar-refractivity contribution in [3.63, 3.8) is 0 Å². The van der Waals surface area contributed by atoms with Gasteiger partial charge in [-0.3, -0.25) is 9.59 Å². The number of amides is 2. The molecule has 2 saturated heterocycles. The fourth-order valence-corrected chi connectivity index (χ4v) is 3.18. The third kappa shape index (κ3) is 2.89. The first-order valence-corrected chi connectivity index (χ1v) is 7.90. The monoisotopic (exact) mass is 328 g/mol. The van der Waals surface area contributed by atoms with E-state index in [1.165, 1.54) is 0 Å². The number of carbonyl (C=O) groups excluding carboxylic acids is 2. The summed E-state index contributed by atoms with van der Waals surface area (Å²) in [5.41, 5.74) is 1.09. The number of rotatable bonds is 3. The van der Waals surface area contributed by atoms with Crippen molar-refractivity contribution in [1.29, 1.82) is 5.26 Å². The van der Waals surface area contributed by atoms with Crippen molar-refractivity contribution in [2.24, 2.45) is 5.92 Å². The number of anilines is 1. The molecule has 3 rings (SSSR count). The number of aromatic nitrogens is 2. The highest BCUT2D eigenvalue weighted by atomic mass is 16.2. The lowest BCUT2D eigenvalue weighted by Gasteiger charge is -2.44. The molecule has 0 radical (unpaired) electrons. The van der Waals surface area contributed by atoms with E-state index in [0.29, 0.717) is 31.3 Å². The molecular formula is C16H20N6O2. The molecule has 8 heteroatoms. The van der Waals surface area contributed by atoms with Crippen LogP contribution in [0.3, 0.4) is 0 Å². The molecule has 0 N–H and O–H groups in total. The van der Waals surface area contributed by atoms with Crippen LogP contribution in [0.2, 0.25) is 0 Å². The predicted molar refractivity (Wildman–Crippen MR) is 86.0 cm³/mol. The summed E-state index contributed by atoms with van der Waals surface area (Å²) >= 11 is 0. The highest BCUT2D eigenvalue weighted by Gasteiger charge is 2.43. The molecule has 1 unspecified atom stereocenters. The molecule has 0 aromatic carbocycles. The van der Waals surface area contributed by atoms with E-state index in [1.807, 2.05) is 17.9 Å². The van der Waals surface area contributed by atoms with Gasteiger partial charge in [0.1, 0.15) is 11.8 Å². The zero-order chi connectivity index (χ0) is 17.4. The van der Waals surface area contributed by atoms with E-state index in [4.69, 9.17) is 5.26 Å². The average molecular weight is 328 g/mol. The minimum absolute atomic E-state index is 0.00251. The predicted octanol–water partition coefficient (Wildman–Crippen LogP) is -0.218.